The molecule has 1 N–H and O–H groups in total. The molecule has 0 amide bonds. The van der Waals surface area contributed by atoms with Gasteiger partial charge in [0.25, 0.3) is 0 Å². The number of hydrogen-bond acceptors (Lipinski definition) is 3. The summed E-state index contributed by atoms with van der Waals surface area (Å²) >= 11 is 0. The van der Waals surface area contributed by atoms with Gasteiger partial charge in [-0.05, 0) is 43.7 Å². The first kappa shape index (κ1) is 12.4. The van der Waals surface area contributed by atoms with E-state index >= 15 is 0 Å². The lowest BCUT2D eigenvalue weighted by molar-refractivity contribution is 0.416. The van der Waals surface area contributed by atoms with Crippen LogP contribution in [0.2, 0.25) is 0 Å². The van der Waals surface area contributed by atoms with Crippen molar-refractivity contribution in [2.45, 2.75) is 20.4 Å². The summed E-state index contributed by atoms with van der Waals surface area (Å²) in [5, 5.41) is 3.36. The lowest BCUT2D eigenvalue weighted by Gasteiger charge is -2.11. The fourth-order valence-corrected chi connectivity index (χ4v) is 1.84. The molecule has 0 aliphatic rings. The van der Waals surface area contributed by atoms with Crippen LogP contribution in [0.25, 0.3) is 0 Å². The summed E-state index contributed by atoms with van der Waals surface area (Å²) in [6.07, 6.45) is 0. The molecule has 0 bridgehead atoms. The molecule has 0 saturated carbocycles. The smallest absolute Gasteiger partial charge is 0.141 e. The molecule has 0 spiro atoms. The van der Waals surface area contributed by atoms with Crippen LogP contribution < -0.4 is 10.1 Å². The summed E-state index contributed by atoms with van der Waals surface area (Å²) in [4.78, 5) is 4.46. The highest BCUT2D eigenvalue weighted by atomic mass is 16.5. The number of aryl methyl sites for hydroxylation is 2. The van der Waals surface area contributed by atoms with Gasteiger partial charge in [-0.2, -0.15) is 0 Å². The van der Waals surface area contributed by atoms with Gasteiger partial charge in [-0.25, -0.2) is 0 Å². The number of pyridine rings is 1. The lowest BCUT2D eigenvalue weighted by Crippen LogP contribution is -2.03. The molecular weight excluding hydrogens is 224 g/mol. The van der Waals surface area contributed by atoms with E-state index in [0.29, 0.717) is 6.54 Å². The van der Waals surface area contributed by atoms with Gasteiger partial charge in [0.05, 0.1) is 25.0 Å². The molecule has 1 aromatic carbocycles. The van der Waals surface area contributed by atoms with Gasteiger partial charge < -0.3 is 10.1 Å². The zero-order chi connectivity index (χ0) is 13.0. The summed E-state index contributed by atoms with van der Waals surface area (Å²) in [5.41, 5.74) is 4.26. The van der Waals surface area contributed by atoms with Crippen molar-refractivity contribution in [3.05, 3.63) is 53.3 Å². The Morgan fingerprint density at radius 1 is 1.17 bits per heavy atom. The Morgan fingerprint density at radius 3 is 2.72 bits per heavy atom. The van der Waals surface area contributed by atoms with Crippen molar-refractivity contribution in [3.8, 4) is 5.75 Å². The van der Waals surface area contributed by atoms with E-state index in [-0.39, 0.29) is 0 Å². The molecular formula is C15H18N2O. The van der Waals surface area contributed by atoms with Gasteiger partial charge in [-0.3, -0.25) is 4.98 Å². The zero-order valence-corrected chi connectivity index (χ0v) is 11.0. The van der Waals surface area contributed by atoms with Crippen LogP contribution in [0.1, 0.15) is 17.0 Å². The van der Waals surface area contributed by atoms with Gasteiger partial charge in [-0.15, -0.1) is 0 Å². The zero-order valence-electron chi connectivity index (χ0n) is 11.0. The second-order valence-electron chi connectivity index (χ2n) is 4.33. The number of anilines is 1. The molecule has 0 saturated heterocycles. The molecule has 0 aliphatic carbocycles. The fourth-order valence-electron chi connectivity index (χ4n) is 1.84. The third-order valence-corrected chi connectivity index (χ3v) is 2.76. The quantitative estimate of drug-likeness (QED) is 0.893. The summed E-state index contributed by atoms with van der Waals surface area (Å²) in [7, 11) is 1.68. The molecule has 0 fully saturated rings. The largest absolute Gasteiger partial charge is 0.495 e. The number of benzene rings is 1. The molecule has 2 aromatic rings. The number of nitrogens with one attached hydrogen (secondary N) is 1. The molecule has 3 nitrogen and oxygen atoms in total. The van der Waals surface area contributed by atoms with E-state index in [0.717, 1.165) is 22.8 Å². The van der Waals surface area contributed by atoms with Crippen molar-refractivity contribution < 1.29 is 4.74 Å². The second-order valence-corrected chi connectivity index (χ2v) is 4.33. The summed E-state index contributed by atoms with van der Waals surface area (Å²) in [5.74, 6) is 0.855. The van der Waals surface area contributed by atoms with Gasteiger partial charge in [0.15, 0.2) is 0 Å². The van der Waals surface area contributed by atoms with Crippen molar-refractivity contribution in [2.75, 3.05) is 12.4 Å². The highest BCUT2D eigenvalue weighted by Crippen LogP contribution is 2.25. The van der Waals surface area contributed by atoms with Crippen LogP contribution in [-0.2, 0) is 6.54 Å². The maximum atomic E-state index is 5.33. The first-order chi connectivity index (χ1) is 8.69. The molecule has 94 valence electrons. The van der Waals surface area contributed by atoms with Crippen molar-refractivity contribution in [1.82, 2.24) is 4.98 Å². The van der Waals surface area contributed by atoms with Gasteiger partial charge in [0.2, 0.25) is 0 Å². The van der Waals surface area contributed by atoms with Crippen LogP contribution in [0.3, 0.4) is 0 Å². The fraction of sp³-hybridized carbons (Fsp3) is 0.267. The average molecular weight is 242 g/mol. The second kappa shape index (κ2) is 5.54. The van der Waals surface area contributed by atoms with Crippen LogP contribution >= 0.6 is 0 Å². The third-order valence-electron chi connectivity index (χ3n) is 2.76. The monoisotopic (exact) mass is 242 g/mol. The molecule has 0 atom stereocenters. The van der Waals surface area contributed by atoms with Gasteiger partial charge in [0.1, 0.15) is 5.75 Å². The van der Waals surface area contributed by atoms with Crippen LogP contribution in [0.15, 0.2) is 36.4 Å². The number of methoxy groups -OCH3 is 1. The van der Waals surface area contributed by atoms with Crippen molar-refractivity contribution in [3.63, 3.8) is 0 Å². The van der Waals surface area contributed by atoms with Gasteiger partial charge in [-0.1, -0.05) is 12.1 Å². The minimum Gasteiger partial charge on any atom is -0.495 e. The maximum absolute atomic E-state index is 5.33. The van der Waals surface area contributed by atoms with Gasteiger partial charge in [0, 0.05) is 5.69 Å². The van der Waals surface area contributed by atoms with Crippen LogP contribution in [-0.4, -0.2) is 12.1 Å². The molecule has 0 radical (unpaired) electrons. The number of rotatable bonds is 4. The SMILES string of the molecule is COc1ccc(C)cc1NCc1cccc(C)n1. The highest BCUT2D eigenvalue weighted by Gasteiger charge is 2.03. The summed E-state index contributed by atoms with van der Waals surface area (Å²) in [6.45, 7) is 4.76. The molecule has 3 heteroatoms. The maximum Gasteiger partial charge on any atom is 0.141 e. The molecule has 0 unspecified atom stereocenters. The van der Waals surface area contributed by atoms with E-state index in [1.54, 1.807) is 7.11 Å². The standard InChI is InChI=1S/C15H18N2O/c1-11-7-8-15(18-3)14(9-11)16-10-13-6-4-5-12(2)17-13/h4-9,16H,10H2,1-3H3. The molecule has 1 aromatic heterocycles. The molecule has 2 rings (SSSR count). The summed E-state index contributed by atoms with van der Waals surface area (Å²) in [6, 6.07) is 12.1. The topological polar surface area (TPSA) is 34.1 Å². The van der Waals surface area contributed by atoms with E-state index in [4.69, 9.17) is 4.74 Å². The normalized spacial score (nSPS) is 10.2. The van der Waals surface area contributed by atoms with Crippen LogP contribution in [0, 0.1) is 13.8 Å². The van der Waals surface area contributed by atoms with E-state index in [1.165, 1.54) is 5.56 Å². The Labute approximate surface area is 108 Å². The van der Waals surface area contributed by atoms with Gasteiger partial charge >= 0.3 is 0 Å². The first-order valence-electron chi connectivity index (χ1n) is 6.00. The highest BCUT2D eigenvalue weighted by molar-refractivity contribution is 5.58. The minimum absolute atomic E-state index is 0.696. The van der Waals surface area contributed by atoms with E-state index < -0.39 is 0 Å². The lowest BCUT2D eigenvalue weighted by atomic mass is 10.2. The van der Waals surface area contributed by atoms with E-state index in [2.05, 4.69) is 23.3 Å². The van der Waals surface area contributed by atoms with Crippen LogP contribution in [0.4, 0.5) is 5.69 Å². The van der Waals surface area contributed by atoms with E-state index in [1.807, 2.05) is 37.3 Å². The Kier molecular flexibility index (Phi) is 3.82. The Bertz CT molecular complexity index is 538. The predicted octanol–water partition coefficient (Wildman–Crippen LogP) is 3.32. The number of nitrogens with zero attached hydrogens (tertiary/aromatic N) is 1. The molecule has 18 heavy (non-hydrogen) atoms. The van der Waals surface area contributed by atoms with E-state index in [9.17, 15) is 0 Å². The predicted molar refractivity (Wildman–Crippen MR) is 74.0 cm³/mol. The number of aromatic nitrogens is 1. The Balaban J connectivity index is 2.12. The number of ether oxygens (including phenoxy) is 1. The van der Waals surface area contributed by atoms with Crippen molar-refractivity contribution in [1.29, 1.82) is 0 Å². The molecule has 1 heterocycles. The Hall–Kier alpha value is -2.03. The van der Waals surface area contributed by atoms with Crippen LogP contribution in [0.5, 0.6) is 5.75 Å². The third kappa shape index (κ3) is 3.00. The summed E-state index contributed by atoms with van der Waals surface area (Å²) < 4.78 is 5.33. The number of hydrogen-bond donors (Lipinski definition) is 1. The minimum atomic E-state index is 0.696. The Morgan fingerprint density at radius 2 is 2.00 bits per heavy atom. The van der Waals surface area contributed by atoms with Crippen molar-refractivity contribution in [2.24, 2.45) is 0 Å². The van der Waals surface area contributed by atoms with Crippen molar-refractivity contribution >= 4 is 5.69 Å². The first-order valence-corrected chi connectivity index (χ1v) is 6.00. The molecule has 0 aliphatic heterocycles. The average Bonchev–Trinajstić information content (AvgIpc) is 2.37.